The number of rotatable bonds is 5. The fourth-order valence-electron chi connectivity index (χ4n) is 1.34. The predicted molar refractivity (Wildman–Crippen MR) is 70.5 cm³/mol. The minimum absolute atomic E-state index is 0.322. The maximum Gasteiger partial charge on any atom is 0.339 e. The number of hydrogen-bond acceptors (Lipinski definition) is 3. The van der Waals surface area contributed by atoms with Crippen molar-refractivity contribution in [3.63, 3.8) is 0 Å². The number of carboxylic acids is 1. The zero-order chi connectivity index (χ0) is 13.8. The van der Waals surface area contributed by atoms with Crippen LogP contribution in [0.25, 0.3) is 0 Å². The van der Waals surface area contributed by atoms with Gasteiger partial charge in [-0.1, -0.05) is 53.2 Å². The summed E-state index contributed by atoms with van der Waals surface area (Å²) in [6, 6.07) is 8.23. The summed E-state index contributed by atoms with van der Waals surface area (Å²) < 4.78 is 3.26. The normalized spacial score (nSPS) is 15.5. The Kier molecular flexibility index (Phi) is 4.90. The smallest absolute Gasteiger partial charge is 0.339 e. The molecule has 0 aliphatic rings. The molecule has 1 N–H and O–H groups in total. The van der Waals surface area contributed by atoms with E-state index in [1.807, 2.05) is 6.92 Å². The highest BCUT2D eigenvalue weighted by molar-refractivity contribution is 9.10. The van der Waals surface area contributed by atoms with Gasteiger partial charge in [0.15, 0.2) is 0 Å². The van der Waals surface area contributed by atoms with Gasteiger partial charge in [-0.15, -0.1) is 0 Å². The first-order chi connectivity index (χ1) is 8.42. The van der Waals surface area contributed by atoms with Crippen molar-refractivity contribution in [2.75, 3.05) is 0 Å². The van der Waals surface area contributed by atoms with Crippen molar-refractivity contribution in [3.05, 3.63) is 35.9 Å². The molecule has 0 radical (unpaired) electrons. The van der Waals surface area contributed by atoms with Gasteiger partial charge in [0, 0.05) is 0 Å². The third kappa shape index (κ3) is 2.90. The second-order valence-corrected chi connectivity index (χ2v) is 5.14. The van der Waals surface area contributed by atoms with Crippen molar-refractivity contribution in [1.29, 1.82) is 0 Å². The Morgan fingerprint density at radius 1 is 1.39 bits per heavy atom. The van der Waals surface area contributed by atoms with Crippen molar-refractivity contribution in [1.82, 2.24) is 0 Å². The van der Waals surface area contributed by atoms with Gasteiger partial charge in [-0.05, 0) is 18.9 Å². The summed E-state index contributed by atoms with van der Waals surface area (Å²) in [7, 11) is 0. The van der Waals surface area contributed by atoms with Crippen LogP contribution in [0, 0.1) is 0 Å². The SMILES string of the molecule is CCC(C)OC(=O)C(Br)(C(=O)O)c1ccccc1. The van der Waals surface area contributed by atoms with Gasteiger partial charge in [0.25, 0.3) is 0 Å². The molecule has 18 heavy (non-hydrogen) atoms. The Hall–Kier alpha value is -1.36. The van der Waals surface area contributed by atoms with Crippen molar-refractivity contribution in [3.8, 4) is 0 Å². The van der Waals surface area contributed by atoms with E-state index < -0.39 is 16.3 Å². The van der Waals surface area contributed by atoms with Crippen molar-refractivity contribution in [2.45, 2.75) is 30.7 Å². The molecule has 1 aromatic carbocycles. The van der Waals surface area contributed by atoms with Gasteiger partial charge >= 0.3 is 11.9 Å². The van der Waals surface area contributed by atoms with Gasteiger partial charge in [0.2, 0.25) is 4.32 Å². The van der Waals surface area contributed by atoms with Crippen LogP contribution in [0.3, 0.4) is 0 Å². The van der Waals surface area contributed by atoms with Gasteiger partial charge in [-0.25, -0.2) is 9.59 Å². The molecule has 2 unspecified atom stereocenters. The second-order valence-electron chi connectivity index (χ2n) is 3.95. The van der Waals surface area contributed by atoms with Crippen molar-refractivity contribution in [2.24, 2.45) is 0 Å². The van der Waals surface area contributed by atoms with Crippen LogP contribution in [0.4, 0.5) is 0 Å². The monoisotopic (exact) mass is 314 g/mol. The summed E-state index contributed by atoms with van der Waals surface area (Å²) in [5.41, 5.74) is 0.339. The third-order valence-corrected chi connectivity index (χ3v) is 3.75. The molecule has 5 heteroatoms. The largest absolute Gasteiger partial charge is 0.480 e. The van der Waals surface area contributed by atoms with Crippen molar-refractivity contribution < 1.29 is 19.4 Å². The molecule has 0 amide bonds. The van der Waals surface area contributed by atoms with E-state index in [9.17, 15) is 14.7 Å². The molecule has 0 aliphatic heterocycles. The van der Waals surface area contributed by atoms with E-state index in [-0.39, 0.29) is 6.10 Å². The van der Waals surface area contributed by atoms with Crippen LogP contribution in [0.2, 0.25) is 0 Å². The predicted octanol–water partition coefficient (Wildman–Crippen LogP) is 2.70. The minimum Gasteiger partial charge on any atom is -0.480 e. The maximum atomic E-state index is 12.0. The lowest BCUT2D eigenvalue weighted by molar-refractivity contribution is -0.159. The fourth-order valence-corrected chi connectivity index (χ4v) is 1.70. The summed E-state index contributed by atoms with van der Waals surface area (Å²) in [6.45, 7) is 3.58. The number of benzene rings is 1. The van der Waals surface area contributed by atoms with Gasteiger partial charge in [-0.2, -0.15) is 0 Å². The van der Waals surface area contributed by atoms with E-state index >= 15 is 0 Å². The highest BCUT2D eigenvalue weighted by atomic mass is 79.9. The average Bonchev–Trinajstić information content (AvgIpc) is 2.38. The minimum atomic E-state index is -1.85. The Morgan fingerprint density at radius 2 is 1.94 bits per heavy atom. The van der Waals surface area contributed by atoms with Crippen LogP contribution in [0.1, 0.15) is 25.8 Å². The van der Waals surface area contributed by atoms with E-state index in [4.69, 9.17) is 4.74 Å². The van der Waals surface area contributed by atoms with Crippen LogP contribution in [-0.2, 0) is 18.7 Å². The average molecular weight is 315 g/mol. The van der Waals surface area contributed by atoms with Gasteiger partial charge in [0.1, 0.15) is 0 Å². The van der Waals surface area contributed by atoms with E-state index in [2.05, 4.69) is 15.9 Å². The first-order valence-corrected chi connectivity index (χ1v) is 6.41. The second kappa shape index (κ2) is 6.00. The molecule has 0 heterocycles. The Morgan fingerprint density at radius 3 is 2.39 bits per heavy atom. The molecule has 1 rings (SSSR count). The lowest BCUT2D eigenvalue weighted by Gasteiger charge is -2.23. The van der Waals surface area contributed by atoms with E-state index in [0.717, 1.165) is 0 Å². The number of carbonyl (C=O) groups is 2. The molecular formula is C13H15BrO4. The zero-order valence-corrected chi connectivity index (χ0v) is 11.8. The molecule has 4 nitrogen and oxygen atoms in total. The number of ether oxygens (including phenoxy) is 1. The standard InChI is InChI=1S/C13H15BrO4/c1-3-9(2)18-12(17)13(14,11(15)16)10-7-5-4-6-8-10/h4-9H,3H2,1-2H3,(H,15,16). The Bertz CT molecular complexity index is 432. The van der Waals surface area contributed by atoms with Crippen LogP contribution in [-0.4, -0.2) is 23.1 Å². The van der Waals surface area contributed by atoms with E-state index in [1.54, 1.807) is 37.3 Å². The highest BCUT2D eigenvalue weighted by Gasteiger charge is 2.47. The van der Waals surface area contributed by atoms with Crippen LogP contribution in [0.15, 0.2) is 30.3 Å². The molecule has 1 aromatic rings. The number of halogens is 1. The first-order valence-electron chi connectivity index (χ1n) is 5.61. The summed E-state index contributed by atoms with van der Waals surface area (Å²) in [5, 5.41) is 9.29. The third-order valence-electron chi connectivity index (χ3n) is 2.63. The van der Waals surface area contributed by atoms with Crippen LogP contribution < -0.4 is 0 Å². The van der Waals surface area contributed by atoms with Crippen LogP contribution >= 0.6 is 15.9 Å². The molecular weight excluding hydrogens is 300 g/mol. The molecule has 0 fully saturated rings. The zero-order valence-electron chi connectivity index (χ0n) is 10.2. The number of aliphatic carboxylic acids is 1. The number of carbonyl (C=O) groups excluding carboxylic acids is 1. The maximum absolute atomic E-state index is 12.0. The Labute approximate surface area is 114 Å². The van der Waals surface area contributed by atoms with Gasteiger partial charge < -0.3 is 9.84 Å². The topological polar surface area (TPSA) is 63.6 Å². The molecule has 0 bridgehead atoms. The molecule has 98 valence electrons. The fraction of sp³-hybridized carbons (Fsp3) is 0.385. The highest BCUT2D eigenvalue weighted by Crippen LogP contribution is 2.33. The van der Waals surface area contributed by atoms with Crippen molar-refractivity contribution >= 4 is 27.9 Å². The molecule has 0 spiro atoms. The van der Waals surface area contributed by atoms with Gasteiger partial charge in [-0.3, -0.25) is 0 Å². The molecule has 0 saturated heterocycles. The van der Waals surface area contributed by atoms with Gasteiger partial charge in [0.05, 0.1) is 6.10 Å². The number of hydrogen-bond donors (Lipinski definition) is 1. The summed E-state index contributed by atoms with van der Waals surface area (Å²) >= 11 is 3.01. The van der Waals surface area contributed by atoms with E-state index in [1.165, 1.54) is 0 Å². The van der Waals surface area contributed by atoms with E-state index in [0.29, 0.717) is 12.0 Å². The molecule has 0 aliphatic carbocycles. The molecule has 0 saturated carbocycles. The lowest BCUT2D eigenvalue weighted by atomic mass is 9.99. The molecule has 2 atom stereocenters. The number of alkyl halides is 1. The summed E-state index contributed by atoms with van der Waals surface area (Å²) in [4.78, 5) is 23.4. The summed E-state index contributed by atoms with van der Waals surface area (Å²) in [5.74, 6) is -2.10. The molecule has 0 aromatic heterocycles. The van der Waals surface area contributed by atoms with Crippen LogP contribution in [0.5, 0.6) is 0 Å². The lowest BCUT2D eigenvalue weighted by Crippen LogP contribution is -2.40. The first kappa shape index (κ1) is 14.7. The quantitative estimate of drug-likeness (QED) is 0.515. The number of carboxylic acid groups (broad SMARTS) is 1. The number of esters is 1. The summed E-state index contributed by atoms with van der Waals surface area (Å²) in [6.07, 6.45) is 0.306. The Balaban J connectivity index is 3.09.